The molecule has 5 nitrogen and oxygen atoms in total. The van der Waals surface area contributed by atoms with Gasteiger partial charge in [0.25, 0.3) is 0 Å². The number of nitrogens with one attached hydrogen (secondary N) is 1. The van der Waals surface area contributed by atoms with E-state index in [1.165, 1.54) is 12.1 Å². The Morgan fingerprint density at radius 3 is 2.43 bits per heavy atom. The van der Waals surface area contributed by atoms with Crippen LogP contribution in [-0.2, 0) is 23.2 Å². The smallest absolute Gasteiger partial charge is 0.240 e. The van der Waals surface area contributed by atoms with Crippen LogP contribution in [0, 0.1) is 0 Å². The normalized spacial score (nSPS) is 11.3. The van der Waals surface area contributed by atoms with Gasteiger partial charge in [-0.1, -0.05) is 24.3 Å². The van der Waals surface area contributed by atoms with E-state index in [1.54, 1.807) is 37.4 Å². The molecule has 0 aromatic heterocycles. The standard InChI is InChI=1S/C15H17NO4S/c1-20-14-4-2-3-13(9-14)10-16-21(18,19)15-7-5-12(11-17)6-8-15/h2-9,16-17H,10-11H2,1H3. The minimum Gasteiger partial charge on any atom is -0.497 e. The molecule has 0 radical (unpaired) electrons. The Morgan fingerprint density at radius 2 is 1.81 bits per heavy atom. The van der Waals surface area contributed by atoms with Crippen molar-refractivity contribution in [2.24, 2.45) is 0 Å². The molecule has 0 atom stereocenters. The molecule has 0 saturated carbocycles. The maximum absolute atomic E-state index is 12.2. The summed E-state index contributed by atoms with van der Waals surface area (Å²) in [5, 5.41) is 8.96. The van der Waals surface area contributed by atoms with Crippen molar-refractivity contribution in [1.82, 2.24) is 4.72 Å². The molecular formula is C15H17NO4S. The quantitative estimate of drug-likeness (QED) is 0.851. The van der Waals surface area contributed by atoms with Crippen molar-refractivity contribution in [2.75, 3.05) is 7.11 Å². The van der Waals surface area contributed by atoms with E-state index in [0.717, 1.165) is 5.56 Å². The summed E-state index contributed by atoms with van der Waals surface area (Å²) in [6, 6.07) is 13.3. The Kier molecular flexibility index (Phi) is 4.95. The third-order valence-electron chi connectivity index (χ3n) is 3.02. The Hall–Kier alpha value is -1.89. The van der Waals surface area contributed by atoms with Crippen LogP contribution in [-0.4, -0.2) is 20.6 Å². The molecule has 0 aliphatic rings. The highest BCUT2D eigenvalue weighted by Gasteiger charge is 2.13. The zero-order valence-corrected chi connectivity index (χ0v) is 12.4. The van der Waals surface area contributed by atoms with Crippen molar-refractivity contribution in [1.29, 1.82) is 0 Å². The lowest BCUT2D eigenvalue weighted by molar-refractivity contribution is 0.282. The summed E-state index contributed by atoms with van der Waals surface area (Å²) < 4.78 is 31.9. The van der Waals surface area contributed by atoms with Crippen LogP contribution in [0.1, 0.15) is 11.1 Å². The van der Waals surface area contributed by atoms with Gasteiger partial charge in [-0.05, 0) is 35.4 Å². The number of hydrogen-bond donors (Lipinski definition) is 2. The lowest BCUT2D eigenvalue weighted by Gasteiger charge is -2.08. The van der Waals surface area contributed by atoms with Gasteiger partial charge in [0.1, 0.15) is 5.75 Å². The molecule has 0 spiro atoms. The van der Waals surface area contributed by atoms with Gasteiger partial charge < -0.3 is 9.84 Å². The molecule has 6 heteroatoms. The van der Waals surface area contributed by atoms with Crippen LogP contribution in [0.3, 0.4) is 0 Å². The van der Waals surface area contributed by atoms with Gasteiger partial charge in [0.05, 0.1) is 18.6 Å². The van der Waals surface area contributed by atoms with Gasteiger partial charge in [-0.2, -0.15) is 0 Å². The maximum atomic E-state index is 12.2. The van der Waals surface area contributed by atoms with Gasteiger partial charge >= 0.3 is 0 Å². The first-order chi connectivity index (χ1) is 10.0. The number of sulfonamides is 1. The largest absolute Gasteiger partial charge is 0.497 e. The summed E-state index contributed by atoms with van der Waals surface area (Å²) in [7, 11) is -2.01. The summed E-state index contributed by atoms with van der Waals surface area (Å²) in [6.45, 7) is 0.0683. The van der Waals surface area contributed by atoms with E-state index in [2.05, 4.69) is 4.72 Å². The minimum atomic E-state index is -3.58. The third-order valence-corrected chi connectivity index (χ3v) is 4.43. The second-order valence-electron chi connectivity index (χ2n) is 4.48. The number of benzene rings is 2. The highest BCUT2D eigenvalue weighted by molar-refractivity contribution is 7.89. The van der Waals surface area contributed by atoms with Crippen molar-refractivity contribution in [3.8, 4) is 5.75 Å². The van der Waals surface area contributed by atoms with E-state index in [4.69, 9.17) is 9.84 Å². The summed E-state index contributed by atoms with van der Waals surface area (Å²) in [5.41, 5.74) is 1.48. The molecule has 0 amide bonds. The zero-order valence-electron chi connectivity index (χ0n) is 11.6. The predicted molar refractivity (Wildman–Crippen MR) is 79.4 cm³/mol. The topological polar surface area (TPSA) is 75.6 Å². The van der Waals surface area contributed by atoms with E-state index in [-0.39, 0.29) is 18.0 Å². The third kappa shape index (κ3) is 4.04. The Bertz CT molecular complexity index is 696. The lowest BCUT2D eigenvalue weighted by Crippen LogP contribution is -2.23. The molecule has 112 valence electrons. The number of rotatable bonds is 6. The summed E-state index contributed by atoms with van der Waals surface area (Å²) in [5.74, 6) is 0.680. The van der Waals surface area contributed by atoms with Crippen LogP contribution < -0.4 is 9.46 Å². The predicted octanol–water partition coefficient (Wildman–Crippen LogP) is 1.67. The first-order valence-electron chi connectivity index (χ1n) is 6.37. The number of aliphatic hydroxyl groups excluding tert-OH is 1. The van der Waals surface area contributed by atoms with Crippen LogP contribution >= 0.6 is 0 Å². The van der Waals surface area contributed by atoms with Crippen LogP contribution in [0.5, 0.6) is 5.75 Å². The first kappa shape index (κ1) is 15.5. The average molecular weight is 307 g/mol. The second-order valence-corrected chi connectivity index (χ2v) is 6.25. The van der Waals surface area contributed by atoms with E-state index in [9.17, 15) is 8.42 Å². The molecule has 0 fully saturated rings. The molecule has 0 bridgehead atoms. The molecule has 2 N–H and O–H groups in total. The van der Waals surface area contributed by atoms with Crippen LogP contribution in [0.4, 0.5) is 0 Å². The van der Waals surface area contributed by atoms with Crippen molar-refractivity contribution < 1.29 is 18.3 Å². The molecule has 0 heterocycles. The van der Waals surface area contributed by atoms with E-state index in [1.807, 2.05) is 6.07 Å². The van der Waals surface area contributed by atoms with Gasteiger partial charge in [-0.3, -0.25) is 0 Å². The van der Waals surface area contributed by atoms with Crippen molar-refractivity contribution in [3.05, 3.63) is 59.7 Å². The highest BCUT2D eigenvalue weighted by atomic mass is 32.2. The molecular weight excluding hydrogens is 290 g/mol. The Balaban J connectivity index is 2.09. The van der Waals surface area contributed by atoms with Gasteiger partial charge in [-0.15, -0.1) is 0 Å². The fourth-order valence-electron chi connectivity index (χ4n) is 1.82. The molecule has 0 unspecified atom stereocenters. The second kappa shape index (κ2) is 6.71. The number of hydrogen-bond acceptors (Lipinski definition) is 4. The summed E-state index contributed by atoms with van der Waals surface area (Å²) in [6.07, 6.45) is 0. The molecule has 0 saturated heterocycles. The minimum absolute atomic E-state index is 0.114. The van der Waals surface area contributed by atoms with Gasteiger partial charge in [-0.25, -0.2) is 13.1 Å². The SMILES string of the molecule is COc1cccc(CNS(=O)(=O)c2ccc(CO)cc2)c1. The lowest BCUT2D eigenvalue weighted by atomic mass is 10.2. The summed E-state index contributed by atoms with van der Waals surface area (Å²) in [4.78, 5) is 0.169. The molecule has 21 heavy (non-hydrogen) atoms. The molecule has 0 aliphatic carbocycles. The fourth-order valence-corrected chi connectivity index (χ4v) is 2.84. The molecule has 2 aromatic carbocycles. The zero-order chi connectivity index (χ0) is 15.3. The fraction of sp³-hybridized carbons (Fsp3) is 0.200. The van der Waals surface area contributed by atoms with Crippen LogP contribution in [0.2, 0.25) is 0 Å². The number of aliphatic hydroxyl groups is 1. The van der Waals surface area contributed by atoms with E-state index in [0.29, 0.717) is 11.3 Å². The first-order valence-corrected chi connectivity index (χ1v) is 7.86. The molecule has 0 aliphatic heterocycles. The van der Waals surface area contributed by atoms with Gasteiger partial charge in [0.15, 0.2) is 0 Å². The van der Waals surface area contributed by atoms with E-state index < -0.39 is 10.0 Å². The van der Waals surface area contributed by atoms with E-state index >= 15 is 0 Å². The molecule has 2 aromatic rings. The molecule has 2 rings (SSSR count). The number of methoxy groups -OCH3 is 1. The average Bonchev–Trinajstić information content (AvgIpc) is 2.53. The van der Waals surface area contributed by atoms with Gasteiger partial charge in [0, 0.05) is 6.54 Å². The monoisotopic (exact) mass is 307 g/mol. The Morgan fingerprint density at radius 1 is 1.10 bits per heavy atom. The maximum Gasteiger partial charge on any atom is 0.240 e. The summed E-state index contributed by atoms with van der Waals surface area (Å²) >= 11 is 0. The van der Waals surface area contributed by atoms with Crippen LogP contribution in [0.15, 0.2) is 53.4 Å². The van der Waals surface area contributed by atoms with Crippen LogP contribution in [0.25, 0.3) is 0 Å². The van der Waals surface area contributed by atoms with Crippen molar-refractivity contribution >= 4 is 10.0 Å². The highest BCUT2D eigenvalue weighted by Crippen LogP contribution is 2.14. The van der Waals surface area contributed by atoms with Crippen molar-refractivity contribution in [3.63, 3.8) is 0 Å². The Labute approximate surface area is 124 Å². The van der Waals surface area contributed by atoms with Crippen molar-refractivity contribution in [2.45, 2.75) is 18.0 Å². The van der Waals surface area contributed by atoms with Gasteiger partial charge in [0.2, 0.25) is 10.0 Å². The number of ether oxygens (including phenoxy) is 1.